The van der Waals surface area contributed by atoms with Gasteiger partial charge in [-0.1, -0.05) is 62.1 Å². The highest BCUT2D eigenvalue weighted by molar-refractivity contribution is 7.99. The van der Waals surface area contributed by atoms with Crippen molar-refractivity contribution in [3.63, 3.8) is 0 Å². The summed E-state index contributed by atoms with van der Waals surface area (Å²) in [5.74, 6) is -0.602. The Morgan fingerprint density at radius 3 is 2.17 bits per heavy atom. The van der Waals surface area contributed by atoms with Crippen LogP contribution in [0.1, 0.15) is 61.7 Å². The Morgan fingerprint density at radius 2 is 1.57 bits per heavy atom. The molecule has 0 heterocycles. The van der Waals surface area contributed by atoms with Crippen molar-refractivity contribution < 1.29 is 14.7 Å². The summed E-state index contributed by atoms with van der Waals surface area (Å²) in [6, 6.07) is 17.7. The van der Waals surface area contributed by atoms with Gasteiger partial charge in [0.2, 0.25) is 5.78 Å². The van der Waals surface area contributed by atoms with E-state index in [1.165, 1.54) is 19.3 Å². The summed E-state index contributed by atoms with van der Waals surface area (Å²) in [4.78, 5) is 31.7. The van der Waals surface area contributed by atoms with Crippen molar-refractivity contribution in [1.29, 1.82) is 0 Å². The monoisotopic (exact) mass is 421 g/mol. The van der Waals surface area contributed by atoms with E-state index in [9.17, 15) is 14.7 Å². The van der Waals surface area contributed by atoms with E-state index in [0.717, 1.165) is 22.6 Å². The minimum absolute atomic E-state index is 0.121. The third-order valence-electron chi connectivity index (χ3n) is 6.03. The molecular weight excluding hydrogens is 394 g/mol. The number of carbonyl (C=O) groups is 2. The number of carboxylic acid groups (broad SMARTS) is 1. The highest BCUT2D eigenvalue weighted by Crippen LogP contribution is 2.41. The molecule has 0 bridgehead atoms. The fourth-order valence-corrected chi connectivity index (χ4v) is 4.91. The van der Waals surface area contributed by atoms with E-state index in [2.05, 4.69) is 17.1 Å². The van der Waals surface area contributed by atoms with E-state index >= 15 is 0 Å². The van der Waals surface area contributed by atoms with Gasteiger partial charge in [0.15, 0.2) is 5.54 Å². The topological polar surface area (TPSA) is 66.7 Å². The zero-order chi connectivity index (χ0) is 21.0. The molecular formula is C25H27NO3S. The van der Waals surface area contributed by atoms with Crippen LogP contribution in [-0.2, 0) is 4.79 Å². The van der Waals surface area contributed by atoms with Crippen molar-refractivity contribution in [3.8, 4) is 0 Å². The highest BCUT2D eigenvalue weighted by Gasteiger charge is 2.51. The molecule has 1 N–H and O–H groups in total. The summed E-state index contributed by atoms with van der Waals surface area (Å²) in [6.07, 6.45) is 7.44. The molecule has 2 saturated carbocycles. The van der Waals surface area contributed by atoms with Gasteiger partial charge in [-0.05, 0) is 61.6 Å². The molecule has 0 atom stereocenters. The van der Waals surface area contributed by atoms with Gasteiger partial charge < -0.3 is 5.11 Å². The highest BCUT2D eigenvalue weighted by atomic mass is 32.2. The van der Waals surface area contributed by atoms with E-state index < -0.39 is 11.5 Å². The lowest BCUT2D eigenvalue weighted by Crippen LogP contribution is -2.27. The first-order chi connectivity index (χ1) is 14.6. The summed E-state index contributed by atoms with van der Waals surface area (Å²) in [7, 11) is 0. The van der Waals surface area contributed by atoms with Gasteiger partial charge in [-0.15, -0.1) is 0 Å². The molecule has 30 heavy (non-hydrogen) atoms. The zero-order valence-electron chi connectivity index (χ0n) is 17.0. The molecule has 0 radical (unpaired) electrons. The Bertz CT molecular complexity index is 927. The van der Waals surface area contributed by atoms with Crippen molar-refractivity contribution in [2.45, 2.75) is 66.7 Å². The van der Waals surface area contributed by atoms with Crippen molar-refractivity contribution >= 4 is 29.2 Å². The molecule has 2 aliphatic carbocycles. The number of nitrogens with zero attached hydrogens (tertiary/aromatic N) is 1. The Labute approximate surface area is 181 Å². The summed E-state index contributed by atoms with van der Waals surface area (Å²) >= 11 is 1.65. The van der Waals surface area contributed by atoms with Crippen LogP contribution in [0.25, 0.3) is 0 Å². The van der Waals surface area contributed by atoms with E-state index in [0.29, 0.717) is 36.5 Å². The van der Waals surface area contributed by atoms with Gasteiger partial charge in [0.25, 0.3) is 0 Å². The van der Waals surface area contributed by atoms with Crippen LogP contribution in [0.3, 0.4) is 0 Å². The number of hydrogen-bond acceptors (Lipinski definition) is 4. The number of hydrogen-bond donors (Lipinski definition) is 1. The van der Waals surface area contributed by atoms with Gasteiger partial charge in [0.1, 0.15) is 0 Å². The molecule has 0 amide bonds. The van der Waals surface area contributed by atoms with Crippen molar-refractivity contribution in [2.24, 2.45) is 10.9 Å². The predicted molar refractivity (Wildman–Crippen MR) is 120 cm³/mol. The molecule has 4 nitrogen and oxygen atoms in total. The lowest BCUT2D eigenvalue weighted by molar-refractivity contribution is -0.139. The van der Waals surface area contributed by atoms with Gasteiger partial charge >= 0.3 is 5.97 Å². The predicted octanol–water partition coefficient (Wildman–Crippen LogP) is 6.05. The van der Waals surface area contributed by atoms with Crippen LogP contribution in [0.4, 0.5) is 0 Å². The molecule has 5 heteroatoms. The second-order valence-electron chi connectivity index (χ2n) is 8.37. The molecule has 0 unspecified atom stereocenters. The zero-order valence-corrected chi connectivity index (χ0v) is 17.9. The normalized spacial score (nSPS) is 18.7. The Hall–Kier alpha value is -2.40. The third kappa shape index (κ3) is 5.01. The van der Waals surface area contributed by atoms with E-state index in [1.54, 1.807) is 11.8 Å². The number of carboxylic acids is 1. The fraction of sp³-hybridized carbons (Fsp3) is 0.400. The summed E-state index contributed by atoms with van der Waals surface area (Å²) in [5.41, 5.74) is -0.0311. The van der Waals surface area contributed by atoms with Crippen molar-refractivity contribution in [1.82, 2.24) is 0 Å². The van der Waals surface area contributed by atoms with Gasteiger partial charge in [0, 0.05) is 15.4 Å². The quantitative estimate of drug-likeness (QED) is 0.416. The van der Waals surface area contributed by atoms with Gasteiger partial charge in [-0.25, -0.2) is 4.79 Å². The first-order valence-corrected chi connectivity index (χ1v) is 11.6. The smallest absolute Gasteiger partial charge is 0.331 e. The van der Waals surface area contributed by atoms with E-state index in [4.69, 9.17) is 0 Å². The van der Waals surface area contributed by atoms with E-state index in [-0.39, 0.29) is 5.78 Å². The first kappa shape index (κ1) is 20.9. The molecule has 4 rings (SSSR count). The fourth-order valence-electron chi connectivity index (χ4n) is 4.07. The molecule has 156 valence electrons. The second-order valence-corrected chi connectivity index (χ2v) is 9.52. The molecule has 0 saturated heterocycles. The number of benzene rings is 2. The van der Waals surface area contributed by atoms with Crippen LogP contribution in [-0.4, -0.2) is 28.1 Å². The van der Waals surface area contributed by atoms with Crippen molar-refractivity contribution in [3.05, 3.63) is 60.2 Å². The number of rotatable bonds is 8. The molecule has 2 aliphatic rings. The minimum Gasteiger partial charge on any atom is -0.479 e. The second kappa shape index (κ2) is 9.17. The Morgan fingerprint density at radius 1 is 0.933 bits per heavy atom. The van der Waals surface area contributed by atoms with Crippen LogP contribution in [0.15, 0.2) is 69.4 Å². The molecule has 0 aliphatic heterocycles. The van der Waals surface area contributed by atoms with Crippen molar-refractivity contribution in [2.75, 3.05) is 0 Å². The Kier molecular flexibility index (Phi) is 6.38. The van der Waals surface area contributed by atoms with E-state index in [1.807, 2.05) is 42.5 Å². The number of carbonyl (C=O) groups excluding carboxylic acids is 1. The standard InChI is InChI=1S/C25H27NO3S/c27-23(19-11-13-21(14-12-19)30-20-9-5-2-6-10-20)22(17-18-7-3-1-4-8-18)26-25(15-16-25)24(28)29/h2,5-6,9-14,18H,1,3-4,7-8,15-17H2,(H,28,29). The maximum atomic E-state index is 13.3. The largest absolute Gasteiger partial charge is 0.479 e. The number of ketones is 1. The lowest BCUT2D eigenvalue weighted by Gasteiger charge is -2.22. The molecule has 2 aromatic rings. The van der Waals surface area contributed by atoms with Gasteiger partial charge in [-0.2, -0.15) is 0 Å². The molecule has 2 aromatic carbocycles. The van der Waals surface area contributed by atoms with Crippen LogP contribution in [0.5, 0.6) is 0 Å². The minimum atomic E-state index is -1.07. The third-order valence-corrected chi connectivity index (χ3v) is 7.05. The molecule has 2 fully saturated rings. The van der Waals surface area contributed by atoms with Crippen LogP contribution in [0.2, 0.25) is 0 Å². The van der Waals surface area contributed by atoms with Crippen LogP contribution < -0.4 is 0 Å². The van der Waals surface area contributed by atoms with Crippen LogP contribution >= 0.6 is 11.8 Å². The summed E-state index contributed by atoms with van der Waals surface area (Å²) < 4.78 is 0. The van der Waals surface area contributed by atoms with Crippen LogP contribution in [0, 0.1) is 5.92 Å². The number of aliphatic imine (C=N–C) groups is 1. The summed E-state index contributed by atoms with van der Waals surface area (Å²) in [5, 5.41) is 9.57. The maximum Gasteiger partial charge on any atom is 0.331 e. The average Bonchev–Trinajstić information content (AvgIpc) is 3.56. The maximum absolute atomic E-state index is 13.3. The molecule has 0 aromatic heterocycles. The van der Waals surface area contributed by atoms with Gasteiger partial charge in [-0.3, -0.25) is 9.79 Å². The number of Topliss-reactive ketones (excluding diaryl/α,β-unsaturated/α-hetero) is 1. The molecule has 0 spiro atoms. The first-order valence-electron chi connectivity index (χ1n) is 10.8. The average molecular weight is 422 g/mol. The Balaban J connectivity index is 1.53. The SMILES string of the molecule is O=C(C(CC1CCCCC1)=NC1(C(=O)O)CC1)c1ccc(Sc2ccccc2)cc1. The summed E-state index contributed by atoms with van der Waals surface area (Å²) in [6.45, 7) is 0. The number of aliphatic carboxylic acids is 1. The van der Waals surface area contributed by atoms with Gasteiger partial charge in [0.05, 0.1) is 5.71 Å². The lowest BCUT2D eigenvalue weighted by atomic mass is 9.84.